The maximum absolute atomic E-state index is 12.5. The van der Waals surface area contributed by atoms with Gasteiger partial charge in [0, 0.05) is 18.3 Å². The summed E-state index contributed by atoms with van der Waals surface area (Å²) in [6, 6.07) is 14.5. The highest BCUT2D eigenvalue weighted by atomic mass is 32.1. The third kappa shape index (κ3) is 3.00. The second kappa shape index (κ2) is 6.48. The second-order valence-corrected chi connectivity index (χ2v) is 7.67. The normalized spacial score (nSPS) is 14.0. The van der Waals surface area contributed by atoms with E-state index >= 15 is 0 Å². The number of benzene rings is 2. The lowest BCUT2D eigenvalue weighted by atomic mass is 10.0. The van der Waals surface area contributed by atoms with Gasteiger partial charge in [-0.2, -0.15) is 0 Å². The van der Waals surface area contributed by atoms with Gasteiger partial charge in [0.1, 0.15) is 0 Å². The largest absolute Gasteiger partial charge is 0.350 e. The molecule has 0 bridgehead atoms. The molecule has 0 saturated carbocycles. The van der Waals surface area contributed by atoms with Crippen LogP contribution in [0.1, 0.15) is 36.2 Å². The van der Waals surface area contributed by atoms with E-state index in [4.69, 9.17) is 4.98 Å². The molecule has 0 saturated heterocycles. The van der Waals surface area contributed by atoms with E-state index in [-0.39, 0.29) is 11.9 Å². The highest BCUT2D eigenvalue weighted by Crippen LogP contribution is 2.38. The summed E-state index contributed by atoms with van der Waals surface area (Å²) in [5.74, 6) is -0.0588. The fourth-order valence-corrected chi connectivity index (χ4v) is 4.34. The topological polar surface area (TPSA) is 45.2 Å². The summed E-state index contributed by atoms with van der Waals surface area (Å²) in [4.78, 5) is 19.6. The van der Waals surface area contributed by atoms with Crippen molar-refractivity contribution >= 4 is 38.3 Å². The van der Waals surface area contributed by atoms with E-state index in [1.165, 1.54) is 11.3 Å². The number of para-hydroxylation sites is 2. The maximum Gasteiger partial charge on any atom is 0.253 e. The van der Waals surface area contributed by atoms with Crippen LogP contribution in [-0.4, -0.2) is 23.5 Å². The molecule has 4 nitrogen and oxygen atoms in total. The number of rotatable bonds is 3. The lowest BCUT2D eigenvalue weighted by Gasteiger charge is -2.28. The van der Waals surface area contributed by atoms with Crippen LogP contribution < -0.4 is 10.2 Å². The third-order valence-corrected chi connectivity index (χ3v) is 5.46. The number of carbonyl (C=O) groups excluding carboxylic acids is 1. The summed E-state index contributed by atoms with van der Waals surface area (Å²) in [6.07, 6.45) is 2.23. The Balaban J connectivity index is 1.77. The zero-order valence-corrected chi connectivity index (χ0v) is 15.3. The van der Waals surface area contributed by atoms with Gasteiger partial charge in [-0.05, 0) is 50.5 Å². The molecule has 1 aromatic heterocycles. The molecule has 2 heterocycles. The van der Waals surface area contributed by atoms with Crippen molar-refractivity contribution in [1.82, 2.24) is 10.3 Å². The zero-order valence-electron chi connectivity index (χ0n) is 14.5. The lowest BCUT2D eigenvalue weighted by molar-refractivity contribution is 0.0944. The molecule has 0 fully saturated rings. The maximum atomic E-state index is 12.5. The minimum Gasteiger partial charge on any atom is -0.350 e. The van der Waals surface area contributed by atoms with E-state index < -0.39 is 0 Å². The van der Waals surface area contributed by atoms with Gasteiger partial charge in [0.25, 0.3) is 5.91 Å². The molecule has 1 amide bonds. The van der Waals surface area contributed by atoms with Crippen molar-refractivity contribution in [2.75, 3.05) is 11.4 Å². The van der Waals surface area contributed by atoms with Crippen molar-refractivity contribution < 1.29 is 4.79 Å². The van der Waals surface area contributed by atoms with Crippen molar-refractivity contribution in [3.8, 4) is 0 Å². The van der Waals surface area contributed by atoms with Gasteiger partial charge in [0.05, 0.1) is 15.8 Å². The smallest absolute Gasteiger partial charge is 0.253 e. The molecule has 2 aromatic carbocycles. The monoisotopic (exact) mass is 351 g/mol. The predicted molar refractivity (Wildman–Crippen MR) is 104 cm³/mol. The fourth-order valence-electron chi connectivity index (χ4n) is 3.31. The Labute approximate surface area is 151 Å². The molecule has 0 radical (unpaired) electrons. The first-order valence-corrected chi connectivity index (χ1v) is 9.51. The summed E-state index contributed by atoms with van der Waals surface area (Å²) in [5, 5.41) is 3.93. The van der Waals surface area contributed by atoms with Gasteiger partial charge in [-0.25, -0.2) is 4.98 Å². The first kappa shape index (κ1) is 16.1. The number of carbonyl (C=O) groups is 1. The number of hydrogen-bond donors (Lipinski definition) is 1. The van der Waals surface area contributed by atoms with Gasteiger partial charge in [-0.3, -0.25) is 4.79 Å². The molecule has 1 aliphatic heterocycles. The molecule has 1 N–H and O–H groups in total. The predicted octanol–water partition coefficient (Wildman–Crippen LogP) is 4.52. The number of thiazole rings is 1. The van der Waals surface area contributed by atoms with Crippen molar-refractivity contribution in [2.24, 2.45) is 0 Å². The summed E-state index contributed by atoms with van der Waals surface area (Å²) in [6.45, 7) is 4.90. The minimum atomic E-state index is -0.0588. The van der Waals surface area contributed by atoms with E-state index in [2.05, 4.69) is 34.5 Å². The number of nitrogens with one attached hydrogen (secondary N) is 1. The van der Waals surface area contributed by atoms with E-state index in [1.807, 2.05) is 32.0 Å². The molecule has 4 rings (SSSR count). The molecule has 0 unspecified atom stereocenters. The number of aromatic nitrogens is 1. The Morgan fingerprint density at radius 2 is 2.04 bits per heavy atom. The van der Waals surface area contributed by atoms with Crippen LogP contribution in [0.4, 0.5) is 10.8 Å². The Morgan fingerprint density at radius 1 is 1.20 bits per heavy atom. The summed E-state index contributed by atoms with van der Waals surface area (Å²) in [7, 11) is 0. The molecule has 0 aliphatic carbocycles. The number of amides is 1. The highest BCUT2D eigenvalue weighted by molar-refractivity contribution is 7.22. The van der Waals surface area contributed by atoms with Crippen LogP contribution in [0, 0.1) is 0 Å². The Hall–Kier alpha value is -2.40. The van der Waals surface area contributed by atoms with Crippen LogP contribution in [0.25, 0.3) is 10.2 Å². The molecule has 25 heavy (non-hydrogen) atoms. The minimum absolute atomic E-state index is 0.0588. The second-order valence-electron chi connectivity index (χ2n) is 6.66. The molecule has 0 atom stereocenters. The first-order valence-electron chi connectivity index (χ1n) is 8.69. The van der Waals surface area contributed by atoms with Crippen LogP contribution in [-0.2, 0) is 6.42 Å². The quantitative estimate of drug-likeness (QED) is 0.755. The Kier molecular flexibility index (Phi) is 4.17. The van der Waals surface area contributed by atoms with Gasteiger partial charge < -0.3 is 10.2 Å². The standard InChI is InChI=1S/C20H21N3OS/c1-13(2)21-19(24)15-9-5-11-17-18(15)22-20(25-17)23-12-6-8-14-7-3-4-10-16(14)23/h3-5,7,9-11,13H,6,8,12H2,1-2H3,(H,21,24). The van der Waals surface area contributed by atoms with Gasteiger partial charge >= 0.3 is 0 Å². The first-order chi connectivity index (χ1) is 12.1. The van der Waals surface area contributed by atoms with Gasteiger partial charge in [0.2, 0.25) is 0 Å². The lowest BCUT2D eigenvalue weighted by Crippen LogP contribution is -2.30. The van der Waals surface area contributed by atoms with Crippen molar-refractivity contribution in [3.05, 3.63) is 53.6 Å². The van der Waals surface area contributed by atoms with E-state index in [9.17, 15) is 4.79 Å². The molecule has 3 aromatic rings. The third-order valence-electron chi connectivity index (χ3n) is 4.41. The molecule has 0 spiro atoms. The Bertz CT molecular complexity index is 932. The fraction of sp³-hybridized carbons (Fsp3) is 0.300. The van der Waals surface area contributed by atoms with Crippen molar-refractivity contribution in [2.45, 2.75) is 32.7 Å². The number of hydrogen-bond acceptors (Lipinski definition) is 4. The SMILES string of the molecule is CC(C)NC(=O)c1cccc2sc(N3CCCc4ccccc43)nc12. The number of fused-ring (bicyclic) bond motifs is 2. The van der Waals surface area contributed by atoms with Crippen LogP contribution in [0.15, 0.2) is 42.5 Å². The van der Waals surface area contributed by atoms with Crippen LogP contribution in [0.5, 0.6) is 0 Å². The van der Waals surface area contributed by atoms with E-state index in [0.717, 1.165) is 34.7 Å². The van der Waals surface area contributed by atoms with Crippen molar-refractivity contribution in [1.29, 1.82) is 0 Å². The summed E-state index contributed by atoms with van der Waals surface area (Å²) in [5.41, 5.74) is 4.05. The van der Waals surface area contributed by atoms with E-state index in [1.54, 1.807) is 11.3 Å². The zero-order chi connectivity index (χ0) is 17.4. The van der Waals surface area contributed by atoms with Gasteiger partial charge in [-0.1, -0.05) is 35.6 Å². The van der Waals surface area contributed by atoms with Crippen LogP contribution in [0.3, 0.4) is 0 Å². The summed E-state index contributed by atoms with van der Waals surface area (Å²) < 4.78 is 1.05. The molecule has 1 aliphatic rings. The molecule has 5 heteroatoms. The number of anilines is 2. The molecular formula is C20H21N3OS. The average molecular weight is 351 g/mol. The number of aryl methyl sites for hydroxylation is 1. The number of nitrogens with zero attached hydrogens (tertiary/aromatic N) is 2. The van der Waals surface area contributed by atoms with Crippen molar-refractivity contribution in [3.63, 3.8) is 0 Å². The summed E-state index contributed by atoms with van der Waals surface area (Å²) >= 11 is 1.65. The van der Waals surface area contributed by atoms with Crippen LogP contribution >= 0.6 is 11.3 Å². The molecule has 128 valence electrons. The average Bonchev–Trinajstić information content (AvgIpc) is 3.04. The molecular weight excluding hydrogens is 330 g/mol. The van der Waals surface area contributed by atoms with Gasteiger partial charge in [0.15, 0.2) is 5.13 Å². The van der Waals surface area contributed by atoms with E-state index in [0.29, 0.717) is 5.56 Å². The van der Waals surface area contributed by atoms with Gasteiger partial charge in [-0.15, -0.1) is 0 Å². The highest BCUT2D eigenvalue weighted by Gasteiger charge is 2.22. The van der Waals surface area contributed by atoms with Crippen LogP contribution in [0.2, 0.25) is 0 Å². The Morgan fingerprint density at radius 3 is 2.88 bits per heavy atom.